The summed E-state index contributed by atoms with van der Waals surface area (Å²) < 4.78 is 40.9. The van der Waals surface area contributed by atoms with E-state index in [1.165, 1.54) is 122 Å². The number of carbonyl (C=O) groups is 3. The molecule has 0 spiro atoms. The third-order valence-electron chi connectivity index (χ3n) is 18.3. The van der Waals surface area contributed by atoms with Gasteiger partial charge in [0, 0.05) is 24.8 Å². The Hall–Kier alpha value is -5.61. The molecule has 4 rings (SSSR count). The third-order valence-corrected chi connectivity index (χ3v) is 18.7. The Balaban J connectivity index is 0. The van der Waals surface area contributed by atoms with Crippen LogP contribution in [0.1, 0.15) is 276 Å². The molecule has 0 saturated carbocycles. The molecule has 0 aromatic rings. The summed E-state index contributed by atoms with van der Waals surface area (Å²) in [4.78, 5) is 39.5. The molecule has 1 aliphatic heterocycles. The van der Waals surface area contributed by atoms with Crippen LogP contribution >= 0.6 is 0 Å². The average molecular weight is 1410 g/mol. The molecule has 1 heterocycles. The Kier molecular flexibility index (Phi) is 57.7. The number of amidine groups is 1. The highest BCUT2D eigenvalue weighted by Crippen LogP contribution is 2.34. The van der Waals surface area contributed by atoms with Crippen LogP contribution in [0.4, 0.5) is 0 Å². The van der Waals surface area contributed by atoms with E-state index in [4.69, 9.17) is 21.2 Å². The van der Waals surface area contributed by atoms with Gasteiger partial charge in [-0.25, -0.2) is 18.2 Å². The number of Topliss-reactive ketones (excluding diaryl/α,β-unsaturated/α-hetero) is 1. The number of quaternary nitrogens is 1. The van der Waals surface area contributed by atoms with Gasteiger partial charge in [0.25, 0.3) is 0 Å². The van der Waals surface area contributed by atoms with Gasteiger partial charge in [-0.1, -0.05) is 166 Å². The summed E-state index contributed by atoms with van der Waals surface area (Å²) in [7, 11) is 1.56. The number of ether oxygens (including phenoxy) is 2. The largest absolute Gasteiger partial charge is 0.726 e. The Morgan fingerprint density at radius 3 is 1.25 bits per heavy atom. The van der Waals surface area contributed by atoms with Gasteiger partial charge in [-0.2, -0.15) is 0 Å². The van der Waals surface area contributed by atoms with E-state index in [0.717, 1.165) is 197 Å². The van der Waals surface area contributed by atoms with Crippen LogP contribution in [0.5, 0.6) is 0 Å². The molecule has 0 fully saturated rings. The molecule has 14 heteroatoms. The van der Waals surface area contributed by atoms with Gasteiger partial charge in [-0.3, -0.25) is 18.3 Å². The Bertz CT molecular complexity index is 2890. The van der Waals surface area contributed by atoms with E-state index in [2.05, 4.69) is 186 Å². The SMILES string of the molecule is C=CC(=C)CC/C=C(\C)CCC=C(C)C.C=CC(=O)OC.CC(C)=CCC/C(C)=C/CCC1=CCC(C(=O)CCC[N+]2(C)CCN=C2C2CC=C(CC/C=C(\C)CCC=C(C)C)CC2)CC1.COC(=O)C1CC=C(CC/C=C(\C)CCC=C(C)C)CC1.COS(=O)(=O)[O-].NCCCCCN. The second-order valence-corrected chi connectivity index (χ2v) is 29.8. The molecule has 4 N–H and O–H groups in total. The molecular weight excluding hydrogens is 1270 g/mol. The van der Waals surface area contributed by atoms with E-state index in [1.807, 2.05) is 6.08 Å². The number of allylic oxidation sites excluding steroid dienone is 24. The van der Waals surface area contributed by atoms with Crippen molar-refractivity contribution in [3.05, 3.63) is 166 Å². The van der Waals surface area contributed by atoms with E-state index < -0.39 is 16.4 Å². The van der Waals surface area contributed by atoms with E-state index in [9.17, 15) is 27.4 Å². The van der Waals surface area contributed by atoms with Crippen LogP contribution < -0.4 is 11.5 Å². The van der Waals surface area contributed by atoms with Gasteiger partial charge in [-0.15, -0.1) is 0 Å². The third kappa shape index (κ3) is 54.1. The average Bonchev–Trinajstić information content (AvgIpc) is 1.63. The van der Waals surface area contributed by atoms with Crippen molar-refractivity contribution in [2.24, 2.45) is 34.2 Å². The van der Waals surface area contributed by atoms with Crippen LogP contribution in [0.2, 0.25) is 0 Å². The van der Waals surface area contributed by atoms with Crippen LogP contribution in [-0.4, -0.2) is 102 Å². The summed E-state index contributed by atoms with van der Waals surface area (Å²) in [6.07, 6.45) is 62.0. The number of nitrogens with zero attached hydrogens (tertiary/aromatic N) is 2. The number of esters is 2. The molecule has 4 atom stereocenters. The summed E-state index contributed by atoms with van der Waals surface area (Å²) in [5.74, 6) is 2.37. The van der Waals surface area contributed by atoms with Crippen LogP contribution in [0.15, 0.2) is 171 Å². The summed E-state index contributed by atoms with van der Waals surface area (Å²) in [5.41, 5.74) is 27.9. The van der Waals surface area contributed by atoms with E-state index in [0.29, 0.717) is 11.7 Å². The molecule has 3 aliphatic carbocycles. The highest BCUT2D eigenvalue weighted by atomic mass is 32.3. The lowest BCUT2D eigenvalue weighted by Crippen LogP contribution is -2.50. The second-order valence-electron chi connectivity index (χ2n) is 28.6. The highest BCUT2D eigenvalue weighted by Gasteiger charge is 2.39. The van der Waals surface area contributed by atoms with Gasteiger partial charge in [0.05, 0.1) is 53.3 Å². The molecule has 0 bridgehead atoms. The number of likely N-dealkylation sites (N-methyl/N-ethyl adjacent to an activating group) is 1. The number of aliphatic imine (C=N–C) groups is 1. The minimum absolute atomic E-state index is 0.0553. The summed E-state index contributed by atoms with van der Waals surface area (Å²) >= 11 is 0. The van der Waals surface area contributed by atoms with E-state index >= 15 is 0 Å². The highest BCUT2D eigenvalue weighted by molar-refractivity contribution is 7.80. The lowest BCUT2D eigenvalue weighted by Gasteiger charge is -2.35. The van der Waals surface area contributed by atoms with Crippen molar-refractivity contribution in [2.75, 3.05) is 61.1 Å². The number of hydrogen-bond acceptors (Lipinski definition) is 12. The number of ketones is 1. The smallest absolute Gasteiger partial charge is 0.329 e. The maximum absolute atomic E-state index is 13.2. The number of nitrogens with two attached hydrogens (primary N) is 2. The van der Waals surface area contributed by atoms with Crippen LogP contribution in [0, 0.1) is 17.8 Å². The van der Waals surface area contributed by atoms with E-state index in [-0.39, 0.29) is 17.8 Å². The predicted octanol–water partition coefficient (Wildman–Crippen LogP) is 21.7. The molecule has 568 valence electrons. The number of hydrogen-bond donors (Lipinski definition) is 2. The molecule has 13 nitrogen and oxygen atoms in total. The fourth-order valence-corrected chi connectivity index (χ4v) is 12.0. The molecule has 0 radical (unpaired) electrons. The molecule has 100 heavy (non-hydrogen) atoms. The van der Waals surface area contributed by atoms with Gasteiger partial charge in [0.15, 0.2) is 0 Å². The topological polar surface area (TPSA) is 201 Å². The van der Waals surface area contributed by atoms with Crippen molar-refractivity contribution in [3.8, 4) is 0 Å². The van der Waals surface area contributed by atoms with Crippen molar-refractivity contribution in [3.63, 3.8) is 0 Å². The quantitative estimate of drug-likeness (QED) is 0.00871. The molecule has 4 aliphatic rings. The minimum Gasteiger partial charge on any atom is -0.726 e. The van der Waals surface area contributed by atoms with Gasteiger partial charge in [0.2, 0.25) is 16.2 Å². The minimum atomic E-state index is -4.41. The zero-order chi connectivity index (χ0) is 75.7. The van der Waals surface area contributed by atoms with Gasteiger partial charge in [-0.05, 0) is 270 Å². The van der Waals surface area contributed by atoms with Crippen molar-refractivity contribution in [2.45, 2.75) is 276 Å². The first-order valence-electron chi connectivity index (χ1n) is 37.5. The lowest BCUT2D eigenvalue weighted by molar-refractivity contribution is -0.816. The predicted molar refractivity (Wildman–Crippen MR) is 428 cm³/mol. The first-order chi connectivity index (χ1) is 47.4. The first kappa shape index (κ1) is 96.4. The van der Waals surface area contributed by atoms with Gasteiger partial charge in [0.1, 0.15) is 12.3 Å². The Morgan fingerprint density at radius 1 is 0.540 bits per heavy atom. The number of rotatable bonds is 38. The van der Waals surface area contributed by atoms with Crippen molar-refractivity contribution in [1.82, 2.24) is 0 Å². The second kappa shape index (κ2) is 59.9. The number of carbonyl (C=O) groups excluding carboxylic acids is 3. The Labute approximate surface area is 612 Å². The summed E-state index contributed by atoms with van der Waals surface area (Å²) in [5, 5.41) is 0. The normalized spacial score (nSPS) is 18.2. The lowest BCUT2D eigenvalue weighted by atomic mass is 9.84. The zero-order valence-corrected chi connectivity index (χ0v) is 67.1. The maximum atomic E-state index is 13.2. The number of methoxy groups -OCH3 is 2. The van der Waals surface area contributed by atoms with Crippen LogP contribution in [0.3, 0.4) is 0 Å². The molecule has 4 unspecified atom stereocenters. The monoisotopic (exact) mass is 1410 g/mol. The molecule has 0 aromatic heterocycles. The van der Waals surface area contributed by atoms with Crippen LogP contribution in [-0.2, 0) is 38.4 Å². The molecule has 0 aromatic carbocycles. The molecular formula is C86H144N4O9S. The fourth-order valence-electron chi connectivity index (χ4n) is 12.0. The van der Waals surface area contributed by atoms with Crippen molar-refractivity contribution >= 4 is 34.0 Å². The van der Waals surface area contributed by atoms with Gasteiger partial charge >= 0.3 is 11.9 Å². The standard InChI is InChI=1S/C42H67N2O.C19H30O2.C15H24.C5H14N2.C4H6O2.CH4O4S/c1-33(2)13-8-15-35(5)17-10-19-37-22-26-39(27-23-37)41(45)21-12-31-44(7)32-30-43-42(44)40-28-24-38(25-29-40)20-11-18-36(6)16-9-14-34(3)4;1-15(2)7-5-8-16(3)9-6-10-17-11-13-18(14-12-17)19(20)21-4;1-6-14(4)10-8-12-15(5)11-7-9-13(2)3;6-4-2-1-3-5-7;1-3-4(5)6-2;1-5-6(2,3)4/h13-14,17-18,22,24,39-40H,8-12,15-16,19-21,23,25-32H2,1-7H3;7,9,11,18H,5-6,8,10,12-14H2,1-4H3;6,9,12H,1,4,7-8,10-11H2,2-3,5H3;1-7H2;3H,1H2,2H3;1H3,(H,2,3,4)/q+1;;;;;/p-1/b35-17+,36-18+;16-9+;15-12+;;;. The molecule has 0 amide bonds. The van der Waals surface area contributed by atoms with Crippen molar-refractivity contribution < 1.29 is 45.5 Å². The van der Waals surface area contributed by atoms with Crippen molar-refractivity contribution in [1.29, 1.82) is 0 Å². The van der Waals surface area contributed by atoms with Crippen LogP contribution in [0.25, 0.3) is 0 Å². The molecule has 0 saturated heterocycles. The van der Waals surface area contributed by atoms with E-state index in [1.54, 1.807) is 11.1 Å². The summed E-state index contributed by atoms with van der Waals surface area (Å²) in [6, 6.07) is 0. The fraction of sp³-hybridized carbons (Fsp3) is 0.628. The van der Waals surface area contributed by atoms with Gasteiger partial charge < -0.3 is 25.5 Å². The maximum Gasteiger partial charge on any atom is 0.329 e. The first-order valence-corrected chi connectivity index (χ1v) is 38.9. The Morgan fingerprint density at radius 2 is 0.930 bits per heavy atom. The number of unbranched alkanes of at least 4 members (excludes halogenated alkanes) is 2. The summed E-state index contributed by atoms with van der Waals surface area (Å²) in [6.45, 7) is 41.8. The zero-order valence-electron chi connectivity index (χ0n) is 66.2.